The Balaban J connectivity index is 1.74. The Morgan fingerprint density at radius 2 is 1.83 bits per heavy atom. The van der Waals surface area contributed by atoms with E-state index in [0.717, 1.165) is 17.9 Å². The number of carbonyl (C=O) groups is 1. The predicted octanol–water partition coefficient (Wildman–Crippen LogP) is 3.09. The van der Waals surface area contributed by atoms with Crippen LogP contribution < -0.4 is 0 Å². The van der Waals surface area contributed by atoms with Gasteiger partial charge in [-0.1, -0.05) is 30.7 Å². The van der Waals surface area contributed by atoms with Crippen molar-refractivity contribution in [2.75, 3.05) is 18.8 Å². The number of aryl methyl sites for hydroxylation is 1. The molecule has 1 aliphatic heterocycles. The van der Waals surface area contributed by atoms with Gasteiger partial charge in [0.15, 0.2) is 9.84 Å². The first-order chi connectivity index (χ1) is 10.9. The third kappa shape index (κ3) is 5.21. The highest BCUT2D eigenvalue weighted by Crippen LogP contribution is 2.19. The first kappa shape index (κ1) is 18.3. The van der Waals surface area contributed by atoms with Crippen molar-refractivity contribution in [1.29, 1.82) is 0 Å². The van der Waals surface area contributed by atoms with Gasteiger partial charge in [-0.2, -0.15) is 0 Å². The summed E-state index contributed by atoms with van der Waals surface area (Å²) >= 11 is 5.85. The van der Waals surface area contributed by atoms with Crippen LogP contribution in [0.25, 0.3) is 0 Å². The monoisotopic (exact) mass is 357 g/mol. The molecule has 1 heterocycles. The number of nitrogens with zero attached hydrogens (tertiary/aromatic N) is 1. The Morgan fingerprint density at radius 3 is 2.39 bits per heavy atom. The van der Waals surface area contributed by atoms with Crippen LogP contribution in [0.5, 0.6) is 0 Å². The summed E-state index contributed by atoms with van der Waals surface area (Å²) in [5.41, 5.74) is 1.18. The second-order valence-corrected chi connectivity index (χ2v) is 9.02. The summed E-state index contributed by atoms with van der Waals surface area (Å²) in [4.78, 5) is 14.0. The average molecular weight is 358 g/mol. The summed E-state index contributed by atoms with van der Waals surface area (Å²) in [6.07, 6.45) is 3.29. The van der Waals surface area contributed by atoms with Crippen LogP contribution in [-0.2, 0) is 21.1 Å². The van der Waals surface area contributed by atoms with Crippen LogP contribution in [0.15, 0.2) is 24.3 Å². The zero-order chi connectivity index (χ0) is 16.9. The highest BCUT2D eigenvalue weighted by atomic mass is 35.5. The second-order valence-electron chi connectivity index (χ2n) is 6.01. The highest BCUT2D eigenvalue weighted by Gasteiger charge is 2.29. The average Bonchev–Trinajstić information content (AvgIpc) is 2.56. The number of amides is 1. The standard InChI is InChI=1S/C17H24ClNO3S/c1-2-23(21,22)16-10-12-19(13-11-16)17(20)5-3-4-14-6-8-15(18)9-7-14/h6-9,16H,2-5,10-13H2,1H3. The molecule has 4 nitrogen and oxygen atoms in total. The number of likely N-dealkylation sites (tertiary alicyclic amines) is 1. The van der Waals surface area contributed by atoms with E-state index in [1.807, 2.05) is 29.2 Å². The largest absolute Gasteiger partial charge is 0.343 e. The Kier molecular flexibility index (Phi) is 6.48. The van der Waals surface area contributed by atoms with Crippen molar-refractivity contribution in [2.45, 2.75) is 44.3 Å². The maximum absolute atomic E-state index is 12.2. The van der Waals surface area contributed by atoms with Gasteiger partial charge < -0.3 is 4.90 Å². The number of hydrogen-bond acceptors (Lipinski definition) is 3. The fourth-order valence-corrected chi connectivity index (χ4v) is 4.48. The molecule has 0 atom stereocenters. The van der Waals surface area contributed by atoms with Gasteiger partial charge in [0.2, 0.25) is 5.91 Å². The van der Waals surface area contributed by atoms with Crippen molar-refractivity contribution in [3.63, 3.8) is 0 Å². The maximum Gasteiger partial charge on any atom is 0.222 e. The van der Waals surface area contributed by atoms with E-state index >= 15 is 0 Å². The van der Waals surface area contributed by atoms with Gasteiger partial charge in [0, 0.05) is 30.3 Å². The molecule has 0 aromatic heterocycles. The van der Waals surface area contributed by atoms with E-state index in [2.05, 4.69) is 0 Å². The zero-order valence-corrected chi connectivity index (χ0v) is 15.1. The molecule has 6 heteroatoms. The molecule has 1 amide bonds. The van der Waals surface area contributed by atoms with E-state index in [-0.39, 0.29) is 16.9 Å². The lowest BCUT2D eigenvalue weighted by atomic mass is 10.1. The van der Waals surface area contributed by atoms with Gasteiger partial charge >= 0.3 is 0 Å². The quantitative estimate of drug-likeness (QED) is 0.786. The highest BCUT2D eigenvalue weighted by molar-refractivity contribution is 7.92. The number of rotatable bonds is 6. The molecule has 2 rings (SSSR count). The zero-order valence-electron chi connectivity index (χ0n) is 13.5. The normalized spacial score (nSPS) is 16.5. The van der Waals surface area contributed by atoms with Crippen LogP contribution in [0, 0.1) is 0 Å². The number of hydrogen-bond donors (Lipinski definition) is 0. The third-order valence-corrected chi connectivity index (χ3v) is 7.02. The Morgan fingerprint density at radius 1 is 1.22 bits per heavy atom. The van der Waals surface area contributed by atoms with Gasteiger partial charge in [-0.3, -0.25) is 4.79 Å². The van der Waals surface area contributed by atoms with Gasteiger partial charge in [-0.05, 0) is 43.4 Å². The second kappa shape index (κ2) is 8.15. The Hall–Kier alpha value is -1.07. The molecule has 1 saturated heterocycles. The van der Waals surface area contributed by atoms with Crippen LogP contribution in [0.3, 0.4) is 0 Å². The molecular formula is C17H24ClNO3S. The predicted molar refractivity (Wildman–Crippen MR) is 93.5 cm³/mol. The van der Waals surface area contributed by atoms with Gasteiger partial charge in [-0.25, -0.2) is 8.42 Å². The van der Waals surface area contributed by atoms with Gasteiger partial charge in [0.05, 0.1) is 5.25 Å². The lowest BCUT2D eigenvalue weighted by Gasteiger charge is -2.31. The minimum absolute atomic E-state index is 0.131. The molecule has 0 unspecified atom stereocenters. The van der Waals surface area contributed by atoms with Crippen molar-refractivity contribution in [3.05, 3.63) is 34.9 Å². The molecule has 0 saturated carbocycles. The fraction of sp³-hybridized carbons (Fsp3) is 0.588. The molecule has 1 aromatic carbocycles. The molecule has 1 aromatic rings. The molecule has 0 N–H and O–H groups in total. The molecule has 128 valence electrons. The van der Waals surface area contributed by atoms with Crippen molar-refractivity contribution >= 4 is 27.3 Å². The number of carbonyl (C=O) groups excluding carboxylic acids is 1. The maximum atomic E-state index is 12.2. The van der Waals surface area contributed by atoms with Crippen LogP contribution >= 0.6 is 11.6 Å². The molecular weight excluding hydrogens is 334 g/mol. The smallest absolute Gasteiger partial charge is 0.222 e. The van der Waals surface area contributed by atoms with Crippen LogP contribution in [-0.4, -0.2) is 43.3 Å². The Labute approximate surface area is 143 Å². The van der Waals surface area contributed by atoms with Crippen molar-refractivity contribution in [3.8, 4) is 0 Å². The van der Waals surface area contributed by atoms with E-state index < -0.39 is 9.84 Å². The third-order valence-electron chi connectivity index (χ3n) is 4.47. The molecule has 0 bridgehead atoms. The van der Waals surface area contributed by atoms with Crippen LogP contribution in [0.2, 0.25) is 5.02 Å². The lowest BCUT2D eigenvalue weighted by Crippen LogP contribution is -2.42. The van der Waals surface area contributed by atoms with Crippen LogP contribution in [0.1, 0.15) is 38.2 Å². The minimum Gasteiger partial charge on any atom is -0.343 e. The summed E-state index contributed by atoms with van der Waals surface area (Å²) < 4.78 is 23.7. The van der Waals surface area contributed by atoms with E-state index in [0.29, 0.717) is 32.4 Å². The van der Waals surface area contributed by atoms with E-state index in [1.165, 1.54) is 5.56 Å². The molecule has 1 aliphatic rings. The first-order valence-electron chi connectivity index (χ1n) is 8.16. The SMILES string of the molecule is CCS(=O)(=O)C1CCN(C(=O)CCCc2ccc(Cl)cc2)CC1. The molecule has 0 spiro atoms. The Bertz CT molecular complexity index is 620. The van der Waals surface area contributed by atoms with E-state index in [4.69, 9.17) is 11.6 Å². The number of benzene rings is 1. The summed E-state index contributed by atoms with van der Waals surface area (Å²) in [6.45, 7) is 2.80. The molecule has 1 fully saturated rings. The minimum atomic E-state index is -2.98. The molecule has 23 heavy (non-hydrogen) atoms. The lowest BCUT2D eigenvalue weighted by molar-refractivity contribution is -0.132. The molecule has 0 aliphatic carbocycles. The van der Waals surface area contributed by atoms with Crippen molar-refractivity contribution in [2.24, 2.45) is 0 Å². The van der Waals surface area contributed by atoms with Gasteiger partial charge in [0.25, 0.3) is 0 Å². The van der Waals surface area contributed by atoms with Gasteiger partial charge in [0.1, 0.15) is 0 Å². The summed E-state index contributed by atoms with van der Waals surface area (Å²) in [5.74, 6) is 0.318. The van der Waals surface area contributed by atoms with Gasteiger partial charge in [-0.15, -0.1) is 0 Å². The van der Waals surface area contributed by atoms with Crippen molar-refractivity contribution < 1.29 is 13.2 Å². The number of halogens is 1. The van der Waals surface area contributed by atoms with Crippen LogP contribution in [0.4, 0.5) is 0 Å². The topological polar surface area (TPSA) is 54.5 Å². The number of sulfone groups is 1. The van der Waals surface area contributed by atoms with Crippen molar-refractivity contribution in [1.82, 2.24) is 4.90 Å². The van der Waals surface area contributed by atoms with E-state index in [9.17, 15) is 13.2 Å². The summed E-state index contributed by atoms with van der Waals surface area (Å²) in [5, 5.41) is 0.445. The van der Waals surface area contributed by atoms with E-state index in [1.54, 1.807) is 6.92 Å². The summed E-state index contributed by atoms with van der Waals surface area (Å²) in [7, 11) is -2.98. The number of piperidine rings is 1. The summed E-state index contributed by atoms with van der Waals surface area (Å²) in [6, 6.07) is 7.68. The fourth-order valence-electron chi connectivity index (χ4n) is 2.95. The first-order valence-corrected chi connectivity index (χ1v) is 10.3. The molecule has 0 radical (unpaired) electrons.